The topological polar surface area (TPSA) is 93.0 Å². The summed E-state index contributed by atoms with van der Waals surface area (Å²) in [5, 5.41) is 11.4. The number of aromatic amines is 1. The standard InChI is InChI=1S/C15H16N4O3/c1-8(15-19-18-9(2)22-15)16-14(20)13-7-10-6-11(21-3)4-5-12(10)17-13/h4-8,17H,1-3H3,(H,16,20)/t8-/m0/s1. The molecule has 0 unspecified atom stereocenters. The van der Waals surface area contributed by atoms with E-state index in [0.717, 1.165) is 16.7 Å². The molecule has 0 radical (unpaired) electrons. The molecule has 0 aliphatic heterocycles. The third-order valence-electron chi connectivity index (χ3n) is 3.33. The molecule has 2 N–H and O–H groups in total. The van der Waals surface area contributed by atoms with Crippen molar-refractivity contribution in [3.63, 3.8) is 0 Å². The average molecular weight is 300 g/mol. The van der Waals surface area contributed by atoms with Crippen molar-refractivity contribution in [2.75, 3.05) is 7.11 Å². The predicted octanol–water partition coefficient (Wildman–Crippen LogP) is 2.36. The van der Waals surface area contributed by atoms with Crippen LogP contribution in [0, 0.1) is 6.92 Å². The molecule has 114 valence electrons. The molecular weight excluding hydrogens is 284 g/mol. The number of nitrogens with zero attached hydrogens (tertiary/aromatic N) is 2. The quantitative estimate of drug-likeness (QED) is 0.771. The van der Waals surface area contributed by atoms with Crippen molar-refractivity contribution < 1.29 is 13.9 Å². The van der Waals surface area contributed by atoms with Crippen LogP contribution in [0.5, 0.6) is 5.75 Å². The fourth-order valence-corrected chi connectivity index (χ4v) is 2.18. The van der Waals surface area contributed by atoms with Crippen molar-refractivity contribution >= 4 is 16.8 Å². The van der Waals surface area contributed by atoms with Crippen molar-refractivity contribution in [3.05, 3.63) is 41.7 Å². The van der Waals surface area contributed by atoms with Gasteiger partial charge >= 0.3 is 0 Å². The normalized spacial score (nSPS) is 12.3. The smallest absolute Gasteiger partial charge is 0.268 e. The third kappa shape index (κ3) is 2.65. The molecular formula is C15H16N4O3. The van der Waals surface area contributed by atoms with Gasteiger partial charge in [0, 0.05) is 17.8 Å². The summed E-state index contributed by atoms with van der Waals surface area (Å²) in [6, 6.07) is 6.99. The second kappa shape index (κ2) is 5.51. The SMILES string of the molecule is COc1ccc2[nH]c(C(=O)N[C@@H](C)c3nnc(C)o3)cc2c1. The van der Waals surface area contributed by atoms with Gasteiger partial charge in [-0.3, -0.25) is 4.79 Å². The Morgan fingerprint density at radius 1 is 1.36 bits per heavy atom. The molecule has 0 fully saturated rings. The molecule has 2 heterocycles. The molecule has 7 nitrogen and oxygen atoms in total. The molecule has 2 aromatic heterocycles. The number of hydrogen-bond acceptors (Lipinski definition) is 5. The number of methoxy groups -OCH3 is 1. The van der Waals surface area contributed by atoms with Crippen LogP contribution in [-0.4, -0.2) is 28.2 Å². The summed E-state index contributed by atoms with van der Waals surface area (Å²) < 4.78 is 10.5. The Hall–Kier alpha value is -2.83. The van der Waals surface area contributed by atoms with E-state index in [9.17, 15) is 4.79 Å². The molecule has 0 aliphatic rings. The van der Waals surface area contributed by atoms with Gasteiger partial charge < -0.3 is 19.5 Å². The van der Waals surface area contributed by atoms with Crippen molar-refractivity contribution in [2.24, 2.45) is 0 Å². The third-order valence-corrected chi connectivity index (χ3v) is 3.33. The molecule has 1 amide bonds. The van der Waals surface area contributed by atoms with Gasteiger partial charge in [0.05, 0.1) is 7.11 Å². The van der Waals surface area contributed by atoms with E-state index in [4.69, 9.17) is 9.15 Å². The summed E-state index contributed by atoms with van der Waals surface area (Å²) in [6.07, 6.45) is 0. The second-order valence-corrected chi connectivity index (χ2v) is 4.99. The lowest BCUT2D eigenvalue weighted by Gasteiger charge is -2.08. The van der Waals surface area contributed by atoms with Gasteiger partial charge in [-0.1, -0.05) is 0 Å². The molecule has 7 heteroatoms. The summed E-state index contributed by atoms with van der Waals surface area (Å²) in [4.78, 5) is 15.4. The number of nitrogens with one attached hydrogen (secondary N) is 2. The maximum atomic E-state index is 12.3. The first-order valence-corrected chi connectivity index (χ1v) is 6.84. The number of carbonyl (C=O) groups is 1. The van der Waals surface area contributed by atoms with Crippen molar-refractivity contribution in [2.45, 2.75) is 19.9 Å². The number of aryl methyl sites for hydroxylation is 1. The number of aromatic nitrogens is 3. The number of carbonyl (C=O) groups excluding carboxylic acids is 1. The van der Waals surface area contributed by atoms with E-state index in [1.54, 1.807) is 27.0 Å². The van der Waals surface area contributed by atoms with Gasteiger partial charge in [0.15, 0.2) is 0 Å². The zero-order valence-corrected chi connectivity index (χ0v) is 12.5. The number of amides is 1. The molecule has 0 saturated heterocycles. The summed E-state index contributed by atoms with van der Waals surface area (Å²) in [5.74, 6) is 1.35. The van der Waals surface area contributed by atoms with Crippen molar-refractivity contribution in [1.82, 2.24) is 20.5 Å². The van der Waals surface area contributed by atoms with Crippen LogP contribution in [0.4, 0.5) is 0 Å². The minimum Gasteiger partial charge on any atom is -0.497 e. The highest BCUT2D eigenvalue weighted by Crippen LogP contribution is 2.21. The molecule has 22 heavy (non-hydrogen) atoms. The largest absolute Gasteiger partial charge is 0.497 e. The van der Waals surface area contributed by atoms with Crippen LogP contribution in [0.15, 0.2) is 28.7 Å². The van der Waals surface area contributed by atoms with E-state index in [-0.39, 0.29) is 11.9 Å². The fraction of sp³-hybridized carbons (Fsp3) is 0.267. The molecule has 0 spiro atoms. The van der Waals surface area contributed by atoms with Gasteiger partial charge in [-0.25, -0.2) is 0 Å². The van der Waals surface area contributed by atoms with Crippen LogP contribution in [0.25, 0.3) is 10.9 Å². The van der Waals surface area contributed by atoms with E-state index in [1.165, 1.54) is 0 Å². The molecule has 1 aromatic carbocycles. The lowest BCUT2D eigenvalue weighted by atomic mass is 10.2. The highest BCUT2D eigenvalue weighted by molar-refractivity contribution is 5.98. The van der Waals surface area contributed by atoms with Crippen molar-refractivity contribution in [3.8, 4) is 5.75 Å². The van der Waals surface area contributed by atoms with Gasteiger partial charge in [-0.15, -0.1) is 10.2 Å². The van der Waals surface area contributed by atoms with E-state index < -0.39 is 0 Å². The zero-order chi connectivity index (χ0) is 15.7. The Kier molecular flexibility index (Phi) is 3.54. The van der Waals surface area contributed by atoms with Crippen LogP contribution in [0.1, 0.15) is 35.2 Å². The highest BCUT2D eigenvalue weighted by Gasteiger charge is 2.17. The van der Waals surface area contributed by atoms with Gasteiger partial charge in [0.2, 0.25) is 11.8 Å². The number of ether oxygens (including phenoxy) is 1. The van der Waals surface area contributed by atoms with E-state index in [1.807, 2.05) is 18.2 Å². The molecule has 1 atom stereocenters. The first-order chi connectivity index (χ1) is 10.6. The van der Waals surface area contributed by atoms with Crippen LogP contribution in [-0.2, 0) is 0 Å². The molecule has 0 aliphatic carbocycles. The maximum Gasteiger partial charge on any atom is 0.268 e. The second-order valence-electron chi connectivity index (χ2n) is 4.99. The zero-order valence-electron chi connectivity index (χ0n) is 12.5. The maximum absolute atomic E-state index is 12.3. The molecule has 0 saturated carbocycles. The highest BCUT2D eigenvalue weighted by atomic mass is 16.5. The first kappa shape index (κ1) is 14.1. The first-order valence-electron chi connectivity index (χ1n) is 6.84. The van der Waals surface area contributed by atoms with Gasteiger partial charge in [-0.05, 0) is 31.2 Å². The Morgan fingerprint density at radius 2 is 2.18 bits per heavy atom. The number of hydrogen-bond donors (Lipinski definition) is 2. The van der Waals surface area contributed by atoms with Crippen molar-refractivity contribution in [1.29, 1.82) is 0 Å². The van der Waals surface area contributed by atoms with E-state index in [0.29, 0.717) is 17.5 Å². The summed E-state index contributed by atoms with van der Waals surface area (Å²) in [7, 11) is 1.61. The number of benzene rings is 1. The van der Waals surface area contributed by atoms with Gasteiger partial charge in [-0.2, -0.15) is 0 Å². The van der Waals surface area contributed by atoms with Gasteiger partial charge in [0.1, 0.15) is 17.5 Å². The molecule has 0 bridgehead atoms. The minimum absolute atomic E-state index is 0.237. The number of rotatable bonds is 4. The van der Waals surface area contributed by atoms with Gasteiger partial charge in [0.25, 0.3) is 5.91 Å². The monoisotopic (exact) mass is 300 g/mol. The Balaban J connectivity index is 1.79. The summed E-state index contributed by atoms with van der Waals surface area (Å²) >= 11 is 0. The predicted molar refractivity (Wildman–Crippen MR) is 79.8 cm³/mol. The van der Waals surface area contributed by atoms with Crippen LogP contribution >= 0.6 is 0 Å². The van der Waals surface area contributed by atoms with E-state index in [2.05, 4.69) is 20.5 Å². The lowest BCUT2D eigenvalue weighted by molar-refractivity contribution is 0.0929. The Morgan fingerprint density at radius 3 is 2.86 bits per heavy atom. The number of fused-ring (bicyclic) bond motifs is 1. The van der Waals surface area contributed by atoms with Crippen LogP contribution in [0.3, 0.4) is 0 Å². The van der Waals surface area contributed by atoms with Crippen LogP contribution < -0.4 is 10.1 Å². The number of H-pyrrole nitrogens is 1. The summed E-state index contributed by atoms with van der Waals surface area (Å²) in [5.41, 5.74) is 1.33. The van der Waals surface area contributed by atoms with E-state index >= 15 is 0 Å². The minimum atomic E-state index is -0.366. The lowest BCUT2D eigenvalue weighted by Crippen LogP contribution is -2.27. The van der Waals surface area contributed by atoms with Crippen LogP contribution in [0.2, 0.25) is 0 Å². The average Bonchev–Trinajstić information content (AvgIpc) is 3.12. The summed E-state index contributed by atoms with van der Waals surface area (Å²) in [6.45, 7) is 3.49. The fourth-order valence-electron chi connectivity index (χ4n) is 2.18. The Bertz CT molecular complexity index is 821. The Labute approximate surface area is 126 Å². The molecule has 3 rings (SSSR count). The molecule has 3 aromatic rings.